The summed E-state index contributed by atoms with van der Waals surface area (Å²) in [6.45, 7) is 2.34. The molecule has 7 heteroatoms. The van der Waals surface area contributed by atoms with Gasteiger partial charge in [-0.3, -0.25) is 4.79 Å². The zero-order valence-corrected chi connectivity index (χ0v) is 13.2. The van der Waals surface area contributed by atoms with Gasteiger partial charge >= 0.3 is 0 Å². The summed E-state index contributed by atoms with van der Waals surface area (Å²) in [6, 6.07) is 0. The van der Waals surface area contributed by atoms with Crippen LogP contribution in [0.1, 0.15) is 51.9 Å². The van der Waals surface area contributed by atoms with Crippen LogP contribution in [0.5, 0.6) is 5.19 Å². The van der Waals surface area contributed by atoms with Crippen LogP contribution in [-0.2, 0) is 4.79 Å². The quantitative estimate of drug-likeness (QED) is 0.431. The Kier molecular flexibility index (Phi) is 8.96. The van der Waals surface area contributed by atoms with Crippen molar-refractivity contribution in [3.63, 3.8) is 0 Å². The van der Waals surface area contributed by atoms with Gasteiger partial charge in [0, 0.05) is 12.8 Å². The molecule has 0 aliphatic rings. The van der Waals surface area contributed by atoms with Crippen molar-refractivity contribution in [2.45, 2.75) is 58.2 Å². The molecule has 6 nitrogen and oxygen atoms in total. The van der Waals surface area contributed by atoms with Crippen molar-refractivity contribution in [2.75, 3.05) is 11.9 Å². The maximum atomic E-state index is 11.7. The monoisotopic (exact) mass is 316 g/mol. The summed E-state index contributed by atoms with van der Waals surface area (Å²) in [7, 11) is 0. The number of ether oxygens (including phenoxy) is 1. The van der Waals surface area contributed by atoms with Crippen molar-refractivity contribution >= 4 is 22.2 Å². The maximum absolute atomic E-state index is 11.7. The van der Waals surface area contributed by atoms with E-state index in [4.69, 9.17) is 14.9 Å². The highest BCUT2D eigenvalue weighted by atomic mass is 32.1. The van der Waals surface area contributed by atoms with Crippen molar-refractivity contribution < 1.29 is 19.7 Å². The minimum atomic E-state index is -1.38. The highest BCUT2D eigenvalue weighted by Crippen LogP contribution is 2.25. The van der Waals surface area contributed by atoms with Crippen LogP contribution in [0.4, 0.5) is 5.00 Å². The number of aromatic nitrogens is 1. The van der Waals surface area contributed by atoms with Crippen LogP contribution in [0, 0.1) is 0 Å². The number of rotatable bonds is 11. The van der Waals surface area contributed by atoms with Gasteiger partial charge in [-0.25, -0.2) is 4.98 Å². The average Bonchev–Trinajstić information content (AvgIpc) is 2.85. The summed E-state index contributed by atoms with van der Waals surface area (Å²) >= 11 is 1.23. The minimum Gasteiger partial charge on any atom is -0.470 e. The van der Waals surface area contributed by atoms with E-state index in [0.29, 0.717) is 16.6 Å². The van der Waals surface area contributed by atoms with Crippen LogP contribution in [0.2, 0.25) is 0 Å². The molecule has 0 saturated carbocycles. The normalized spacial score (nSPS) is 10.9. The van der Waals surface area contributed by atoms with Crippen molar-refractivity contribution in [1.29, 1.82) is 0 Å². The fraction of sp³-hybridized carbons (Fsp3) is 0.714. The lowest BCUT2D eigenvalue weighted by Crippen LogP contribution is -2.10. The number of carbonyl (C=O) groups is 1. The molecule has 0 aromatic carbocycles. The van der Waals surface area contributed by atoms with Crippen molar-refractivity contribution in [3.8, 4) is 5.19 Å². The molecule has 1 aromatic rings. The molecular weight excluding hydrogens is 292 g/mol. The fourth-order valence-corrected chi connectivity index (χ4v) is 2.43. The SMILES string of the molecule is CCCCCCCC(=O)Nc1cnc(OCCC(O)O)s1. The van der Waals surface area contributed by atoms with Crippen molar-refractivity contribution in [2.24, 2.45) is 0 Å². The second kappa shape index (κ2) is 10.5. The Labute approximate surface area is 129 Å². The van der Waals surface area contributed by atoms with Gasteiger partial charge in [0.2, 0.25) is 5.91 Å². The van der Waals surface area contributed by atoms with Crippen LogP contribution < -0.4 is 10.1 Å². The summed E-state index contributed by atoms with van der Waals surface area (Å²) in [4.78, 5) is 15.7. The molecule has 21 heavy (non-hydrogen) atoms. The Hall–Kier alpha value is -1.18. The molecule has 0 radical (unpaired) electrons. The highest BCUT2D eigenvalue weighted by Gasteiger charge is 2.07. The predicted octanol–water partition coefficient (Wildman–Crippen LogP) is 2.52. The first-order valence-electron chi connectivity index (χ1n) is 7.36. The third-order valence-electron chi connectivity index (χ3n) is 2.86. The second-order valence-electron chi connectivity index (χ2n) is 4.82. The van der Waals surface area contributed by atoms with Gasteiger partial charge in [-0.2, -0.15) is 0 Å². The van der Waals surface area contributed by atoms with E-state index < -0.39 is 6.29 Å². The first kappa shape index (κ1) is 17.9. The van der Waals surface area contributed by atoms with Crippen LogP contribution >= 0.6 is 11.3 Å². The fourth-order valence-electron chi connectivity index (χ4n) is 1.72. The molecule has 3 N–H and O–H groups in total. The number of thiazole rings is 1. The highest BCUT2D eigenvalue weighted by molar-refractivity contribution is 7.17. The first-order valence-corrected chi connectivity index (χ1v) is 8.18. The summed E-state index contributed by atoms with van der Waals surface area (Å²) in [5.74, 6) is -0.00696. The predicted molar refractivity (Wildman–Crippen MR) is 82.5 cm³/mol. The Morgan fingerprint density at radius 3 is 2.86 bits per heavy atom. The number of anilines is 1. The molecule has 1 aromatic heterocycles. The third kappa shape index (κ3) is 8.64. The number of aliphatic hydroxyl groups is 2. The molecule has 0 atom stereocenters. The van der Waals surface area contributed by atoms with Crippen molar-refractivity contribution in [1.82, 2.24) is 4.98 Å². The second-order valence-corrected chi connectivity index (χ2v) is 5.81. The Morgan fingerprint density at radius 1 is 1.38 bits per heavy atom. The van der Waals surface area contributed by atoms with Gasteiger partial charge in [0.25, 0.3) is 5.19 Å². The molecule has 0 saturated heterocycles. The number of nitrogens with zero attached hydrogens (tertiary/aromatic N) is 1. The van der Waals surface area contributed by atoms with E-state index in [-0.39, 0.29) is 18.9 Å². The molecule has 0 aliphatic carbocycles. The lowest BCUT2D eigenvalue weighted by molar-refractivity contribution is -0.116. The molecule has 120 valence electrons. The molecule has 1 rings (SSSR count). The van der Waals surface area contributed by atoms with E-state index >= 15 is 0 Å². The van der Waals surface area contributed by atoms with Crippen LogP contribution in [-0.4, -0.2) is 34.0 Å². The Bertz CT molecular complexity index is 409. The zero-order valence-electron chi connectivity index (χ0n) is 12.4. The largest absolute Gasteiger partial charge is 0.470 e. The summed E-state index contributed by atoms with van der Waals surface area (Å²) in [5, 5.41) is 21.2. The smallest absolute Gasteiger partial charge is 0.275 e. The summed E-state index contributed by atoms with van der Waals surface area (Å²) in [6.07, 6.45) is 6.40. The molecule has 0 aliphatic heterocycles. The molecule has 0 bridgehead atoms. The minimum absolute atomic E-state index is 0.00696. The van der Waals surface area contributed by atoms with Crippen LogP contribution in [0.3, 0.4) is 0 Å². The number of amides is 1. The topological polar surface area (TPSA) is 91.7 Å². The van der Waals surface area contributed by atoms with Gasteiger partial charge in [0.1, 0.15) is 5.00 Å². The van der Waals surface area contributed by atoms with Gasteiger partial charge in [0.05, 0.1) is 12.8 Å². The lowest BCUT2D eigenvalue weighted by Gasteiger charge is -2.03. The number of hydrogen-bond acceptors (Lipinski definition) is 6. The molecule has 0 unspecified atom stereocenters. The van der Waals surface area contributed by atoms with Crippen LogP contribution in [0.15, 0.2) is 6.20 Å². The molecule has 0 spiro atoms. The van der Waals surface area contributed by atoms with E-state index in [2.05, 4.69) is 17.2 Å². The van der Waals surface area contributed by atoms with Crippen molar-refractivity contribution in [3.05, 3.63) is 6.20 Å². The first-order chi connectivity index (χ1) is 10.1. The molecule has 0 fully saturated rings. The molecule has 1 amide bonds. The van der Waals surface area contributed by atoms with Gasteiger partial charge in [-0.05, 0) is 6.42 Å². The third-order valence-corrected chi connectivity index (χ3v) is 3.68. The van der Waals surface area contributed by atoms with Gasteiger partial charge in [0.15, 0.2) is 6.29 Å². The molecular formula is C14H24N2O4S. The van der Waals surface area contributed by atoms with E-state index in [1.54, 1.807) is 6.20 Å². The summed E-state index contributed by atoms with van der Waals surface area (Å²) < 4.78 is 5.24. The van der Waals surface area contributed by atoms with E-state index in [9.17, 15) is 4.79 Å². The van der Waals surface area contributed by atoms with Crippen LogP contribution in [0.25, 0.3) is 0 Å². The number of unbranched alkanes of at least 4 members (excludes halogenated alkanes) is 4. The number of nitrogens with one attached hydrogen (secondary N) is 1. The number of carbonyl (C=O) groups excluding carboxylic acids is 1. The number of hydrogen-bond donors (Lipinski definition) is 3. The molecule has 1 heterocycles. The zero-order chi connectivity index (χ0) is 15.5. The maximum Gasteiger partial charge on any atom is 0.275 e. The van der Waals surface area contributed by atoms with Gasteiger partial charge in [-0.15, -0.1) is 0 Å². The van der Waals surface area contributed by atoms with E-state index in [0.717, 1.165) is 12.8 Å². The Balaban J connectivity index is 2.19. The average molecular weight is 316 g/mol. The van der Waals surface area contributed by atoms with Gasteiger partial charge in [-0.1, -0.05) is 43.9 Å². The van der Waals surface area contributed by atoms with Gasteiger partial charge < -0.3 is 20.3 Å². The standard InChI is InChI=1S/C14H24N2O4S/c1-2-3-4-5-6-7-11(17)16-12-10-15-14(21-12)20-9-8-13(18)19/h10,13,18-19H,2-9H2,1H3,(H,16,17). The number of aliphatic hydroxyl groups excluding tert-OH is 1. The van der Waals surface area contributed by atoms with E-state index in [1.165, 1.54) is 30.6 Å². The summed E-state index contributed by atoms with van der Waals surface area (Å²) in [5.41, 5.74) is 0. The van der Waals surface area contributed by atoms with E-state index in [1.807, 2.05) is 0 Å². The Morgan fingerprint density at radius 2 is 2.14 bits per heavy atom. The lowest BCUT2D eigenvalue weighted by atomic mass is 10.1.